The minimum absolute atomic E-state index is 0.619. The van der Waals surface area contributed by atoms with Gasteiger partial charge in [0, 0.05) is 22.8 Å². The van der Waals surface area contributed by atoms with Gasteiger partial charge in [0.05, 0.1) is 12.0 Å². The maximum absolute atomic E-state index is 13.0. The van der Waals surface area contributed by atoms with E-state index in [4.69, 9.17) is 4.42 Å². The molecule has 1 aliphatic heterocycles. The summed E-state index contributed by atoms with van der Waals surface area (Å²) in [5.41, 5.74) is 5.33. The van der Waals surface area contributed by atoms with Crippen molar-refractivity contribution in [2.24, 2.45) is 0 Å². The molecule has 0 saturated carbocycles. The van der Waals surface area contributed by atoms with Crippen LogP contribution in [0, 0.1) is 6.92 Å². The highest BCUT2D eigenvalue weighted by molar-refractivity contribution is 7.92. The molecule has 0 amide bonds. The van der Waals surface area contributed by atoms with Crippen molar-refractivity contribution in [3.05, 3.63) is 90.7 Å². The van der Waals surface area contributed by atoms with E-state index in [-0.39, 0.29) is 0 Å². The van der Waals surface area contributed by atoms with E-state index in [1.165, 1.54) is 5.56 Å². The van der Waals surface area contributed by atoms with Gasteiger partial charge in [0.2, 0.25) is 4.90 Å². The van der Waals surface area contributed by atoms with Crippen molar-refractivity contribution in [1.82, 2.24) is 0 Å². The average molecular weight is 371 g/mol. The standard InChI is InChI=1S/C23H17NO2S/c1-16-11-12-19(18(15-16)17-7-3-2-4-8-17)24-20-9-5-6-10-21(20)27(25)22-13-14-26-23(22)24/h2-15H,1H3. The third-order valence-electron chi connectivity index (χ3n) is 4.80. The van der Waals surface area contributed by atoms with Gasteiger partial charge in [-0.15, -0.1) is 0 Å². The van der Waals surface area contributed by atoms with Crippen molar-refractivity contribution in [3.63, 3.8) is 0 Å². The summed E-state index contributed by atoms with van der Waals surface area (Å²) < 4.78 is 18.8. The first kappa shape index (κ1) is 16.2. The molecule has 1 aliphatic rings. The molecule has 1 unspecified atom stereocenters. The first-order valence-corrected chi connectivity index (χ1v) is 9.93. The number of aryl methyl sites for hydroxylation is 1. The quantitative estimate of drug-likeness (QED) is 0.394. The van der Waals surface area contributed by atoms with Gasteiger partial charge in [-0.2, -0.15) is 0 Å². The van der Waals surface area contributed by atoms with Crippen molar-refractivity contribution in [3.8, 4) is 11.1 Å². The largest absolute Gasteiger partial charge is 0.606 e. The van der Waals surface area contributed by atoms with E-state index >= 15 is 0 Å². The van der Waals surface area contributed by atoms with Crippen molar-refractivity contribution in [2.75, 3.05) is 4.90 Å². The predicted molar refractivity (Wildman–Crippen MR) is 108 cm³/mol. The van der Waals surface area contributed by atoms with Gasteiger partial charge in [-0.1, -0.05) is 54.1 Å². The first-order valence-electron chi connectivity index (χ1n) is 8.78. The predicted octanol–water partition coefficient (Wildman–Crippen LogP) is 6.20. The van der Waals surface area contributed by atoms with E-state index in [0.717, 1.165) is 27.4 Å². The Morgan fingerprint density at radius 2 is 1.59 bits per heavy atom. The Morgan fingerprint density at radius 3 is 2.44 bits per heavy atom. The number of hydrogen-bond acceptors (Lipinski definition) is 3. The van der Waals surface area contributed by atoms with Crippen molar-refractivity contribution >= 4 is 28.4 Å². The minimum atomic E-state index is -1.24. The van der Waals surface area contributed by atoms with Crippen molar-refractivity contribution in [1.29, 1.82) is 0 Å². The summed E-state index contributed by atoms with van der Waals surface area (Å²) in [6.45, 7) is 2.09. The number of furan rings is 1. The molecule has 5 rings (SSSR count). The van der Waals surface area contributed by atoms with E-state index in [9.17, 15) is 4.55 Å². The van der Waals surface area contributed by atoms with E-state index in [1.54, 1.807) is 12.3 Å². The fraction of sp³-hybridized carbons (Fsp3) is 0.0435. The van der Waals surface area contributed by atoms with Gasteiger partial charge < -0.3 is 8.97 Å². The summed E-state index contributed by atoms with van der Waals surface area (Å²) in [4.78, 5) is 3.58. The Balaban J connectivity index is 1.79. The lowest BCUT2D eigenvalue weighted by Crippen LogP contribution is -2.21. The maximum Gasteiger partial charge on any atom is 0.261 e. The Bertz CT molecular complexity index is 1120. The molecular formula is C23H17NO2S. The fourth-order valence-corrected chi connectivity index (χ4v) is 4.82. The van der Waals surface area contributed by atoms with Gasteiger partial charge in [-0.05, 0) is 36.8 Å². The van der Waals surface area contributed by atoms with Crippen LogP contribution in [0.3, 0.4) is 0 Å². The van der Waals surface area contributed by atoms with E-state index < -0.39 is 11.2 Å². The van der Waals surface area contributed by atoms with Crippen LogP contribution < -0.4 is 4.90 Å². The Kier molecular flexibility index (Phi) is 3.81. The fourth-order valence-electron chi connectivity index (χ4n) is 3.55. The Hall–Kier alpha value is -2.95. The molecule has 27 heavy (non-hydrogen) atoms. The van der Waals surface area contributed by atoms with Crippen LogP contribution in [0.15, 0.2) is 99.3 Å². The molecule has 0 aliphatic carbocycles. The van der Waals surface area contributed by atoms with E-state index in [0.29, 0.717) is 10.8 Å². The smallest absolute Gasteiger partial charge is 0.261 e. The number of fused-ring (bicyclic) bond motifs is 2. The number of rotatable bonds is 2. The highest BCUT2D eigenvalue weighted by Crippen LogP contribution is 2.50. The highest BCUT2D eigenvalue weighted by atomic mass is 32.2. The van der Waals surface area contributed by atoms with Gasteiger partial charge in [-0.25, -0.2) is 0 Å². The lowest BCUT2D eigenvalue weighted by molar-refractivity contribution is 0.558. The number of benzene rings is 3. The zero-order valence-electron chi connectivity index (χ0n) is 14.8. The molecule has 0 fully saturated rings. The summed E-state index contributed by atoms with van der Waals surface area (Å²) in [6.07, 6.45) is 1.61. The monoisotopic (exact) mass is 371 g/mol. The summed E-state index contributed by atoms with van der Waals surface area (Å²) in [5.74, 6) is 0.619. The van der Waals surface area contributed by atoms with Crippen LogP contribution in [0.4, 0.5) is 17.3 Å². The van der Waals surface area contributed by atoms with Gasteiger partial charge in [0.25, 0.3) is 5.88 Å². The van der Waals surface area contributed by atoms with Crippen molar-refractivity contribution in [2.45, 2.75) is 16.7 Å². The highest BCUT2D eigenvalue weighted by Gasteiger charge is 2.37. The van der Waals surface area contributed by atoms with Gasteiger partial charge in [0.1, 0.15) is 5.69 Å². The lowest BCUT2D eigenvalue weighted by Gasteiger charge is -2.31. The molecule has 0 spiro atoms. The molecule has 3 aromatic carbocycles. The maximum atomic E-state index is 13.0. The van der Waals surface area contributed by atoms with Gasteiger partial charge in [0.15, 0.2) is 4.90 Å². The molecule has 1 atom stereocenters. The SMILES string of the molecule is Cc1ccc(N2c3ccccc3[S+]([O-])c3ccoc32)c(-c2ccccc2)c1. The van der Waals surface area contributed by atoms with Gasteiger partial charge in [-0.3, -0.25) is 4.90 Å². The molecular weight excluding hydrogens is 354 g/mol. The second-order valence-electron chi connectivity index (χ2n) is 6.55. The number of nitrogens with zero attached hydrogens (tertiary/aromatic N) is 1. The summed E-state index contributed by atoms with van der Waals surface area (Å²) in [7, 11) is 0. The molecule has 0 radical (unpaired) electrons. The summed E-state index contributed by atoms with van der Waals surface area (Å²) in [5, 5.41) is 0. The van der Waals surface area contributed by atoms with Crippen LogP contribution in [-0.4, -0.2) is 4.55 Å². The molecule has 0 bridgehead atoms. The van der Waals surface area contributed by atoms with E-state index in [2.05, 4.69) is 42.2 Å². The Labute approximate surface area is 161 Å². The Morgan fingerprint density at radius 1 is 0.815 bits per heavy atom. The summed E-state index contributed by atoms with van der Waals surface area (Å²) in [6, 6.07) is 26.3. The second kappa shape index (κ2) is 6.34. The average Bonchev–Trinajstić information content (AvgIpc) is 3.20. The van der Waals surface area contributed by atoms with Crippen LogP contribution in [0.1, 0.15) is 5.56 Å². The lowest BCUT2D eigenvalue weighted by atomic mass is 10.00. The third-order valence-corrected chi connectivity index (χ3v) is 6.25. The summed E-state index contributed by atoms with van der Waals surface area (Å²) >= 11 is -1.24. The zero-order chi connectivity index (χ0) is 18.4. The molecule has 132 valence electrons. The van der Waals surface area contributed by atoms with Crippen LogP contribution >= 0.6 is 0 Å². The van der Waals surface area contributed by atoms with Gasteiger partial charge >= 0.3 is 0 Å². The van der Waals surface area contributed by atoms with Crippen LogP contribution in [-0.2, 0) is 11.2 Å². The van der Waals surface area contributed by atoms with Crippen LogP contribution in [0.2, 0.25) is 0 Å². The topological polar surface area (TPSA) is 39.4 Å². The zero-order valence-corrected chi connectivity index (χ0v) is 15.6. The second-order valence-corrected chi connectivity index (χ2v) is 7.97. The molecule has 1 aromatic heterocycles. The number of anilines is 3. The minimum Gasteiger partial charge on any atom is -0.606 e. The number of para-hydroxylation sites is 1. The molecule has 2 heterocycles. The van der Waals surface area contributed by atoms with Crippen LogP contribution in [0.5, 0.6) is 0 Å². The molecule has 4 heteroatoms. The normalized spacial score (nSPS) is 15.3. The molecule has 3 nitrogen and oxygen atoms in total. The molecule has 0 saturated heterocycles. The first-order chi connectivity index (χ1) is 13.2. The molecule has 4 aromatic rings. The third kappa shape index (κ3) is 2.57. The molecule has 0 N–H and O–H groups in total. The van der Waals surface area contributed by atoms with E-state index in [1.807, 2.05) is 42.5 Å². The van der Waals surface area contributed by atoms with Crippen LogP contribution in [0.25, 0.3) is 11.1 Å². The van der Waals surface area contributed by atoms with Crippen molar-refractivity contribution < 1.29 is 8.97 Å². The number of hydrogen-bond donors (Lipinski definition) is 0.